The third-order valence-electron chi connectivity index (χ3n) is 3.87. The van der Waals surface area contributed by atoms with Crippen molar-refractivity contribution in [2.45, 2.75) is 25.2 Å². The molecule has 0 aromatic heterocycles. The first kappa shape index (κ1) is 20.8. The van der Waals surface area contributed by atoms with Crippen molar-refractivity contribution in [2.24, 2.45) is 11.1 Å². The Bertz CT molecular complexity index is 732. The highest BCUT2D eigenvalue weighted by molar-refractivity contribution is 7.99. The van der Waals surface area contributed by atoms with Gasteiger partial charge in [-0.2, -0.15) is 0 Å². The van der Waals surface area contributed by atoms with Crippen LogP contribution in [0.15, 0.2) is 64.6 Å². The van der Waals surface area contributed by atoms with Crippen molar-refractivity contribution in [1.82, 2.24) is 0 Å². The molecule has 1 N–H and O–H groups in total. The van der Waals surface area contributed by atoms with E-state index in [4.69, 9.17) is 9.57 Å². The van der Waals surface area contributed by atoms with E-state index in [-0.39, 0.29) is 0 Å². The Kier molecular flexibility index (Phi) is 8.71. The number of carbonyl (C=O) groups is 1. The first-order chi connectivity index (χ1) is 13.1. The molecule has 0 radical (unpaired) electrons. The SMILES string of the molecule is CCO/N=C(\C)C(Cc1ccc(OCCSc2ccccc2)cc1)C(=O)O. The number of rotatable bonds is 11. The lowest BCUT2D eigenvalue weighted by Crippen LogP contribution is -2.24. The van der Waals surface area contributed by atoms with Crippen LogP contribution in [0, 0.1) is 5.92 Å². The van der Waals surface area contributed by atoms with Crippen LogP contribution < -0.4 is 4.74 Å². The van der Waals surface area contributed by atoms with E-state index in [1.807, 2.05) is 49.4 Å². The summed E-state index contributed by atoms with van der Waals surface area (Å²) < 4.78 is 5.75. The van der Waals surface area contributed by atoms with Gasteiger partial charge in [0.25, 0.3) is 0 Å². The quantitative estimate of drug-likeness (QED) is 0.266. The number of carboxylic acids is 1. The fourth-order valence-corrected chi connectivity index (χ4v) is 3.19. The molecule has 0 spiro atoms. The summed E-state index contributed by atoms with van der Waals surface area (Å²) in [5.41, 5.74) is 1.38. The van der Waals surface area contributed by atoms with Crippen LogP contribution in [0.4, 0.5) is 0 Å². The van der Waals surface area contributed by atoms with Crippen molar-refractivity contribution in [3.05, 3.63) is 60.2 Å². The van der Waals surface area contributed by atoms with Crippen molar-refractivity contribution in [2.75, 3.05) is 19.0 Å². The number of aliphatic carboxylic acids is 1. The minimum Gasteiger partial charge on any atom is -0.493 e. The normalized spacial score (nSPS) is 12.4. The van der Waals surface area contributed by atoms with E-state index >= 15 is 0 Å². The van der Waals surface area contributed by atoms with Crippen LogP contribution >= 0.6 is 11.8 Å². The smallest absolute Gasteiger partial charge is 0.312 e. The van der Waals surface area contributed by atoms with Gasteiger partial charge in [-0.25, -0.2) is 0 Å². The molecular weight excluding hydrogens is 362 g/mol. The molecule has 0 heterocycles. The third kappa shape index (κ3) is 7.35. The summed E-state index contributed by atoms with van der Waals surface area (Å²) in [5, 5.41) is 13.3. The van der Waals surface area contributed by atoms with Gasteiger partial charge < -0.3 is 14.7 Å². The average Bonchev–Trinajstić information content (AvgIpc) is 2.69. The van der Waals surface area contributed by atoms with Crippen LogP contribution in [0.1, 0.15) is 19.4 Å². The van der Waals surface area contributed by atoms with Gasteiger partial charge in [-0.3, -0.25) is 4.79 Å². The van der Waals surface area contributed by atoms with Gasteiger partial charge in [0.05, 0.1) is 12.3 Å². The maximum absolute atomic E-state index is 11.5. The molecule has 27 heavy (non-hydrogen) atoms. The first-order valence-electron chi connectivity index (χ1n) is 8.89. The zero-order chi connectivity index (χ0) is 19.5. The monoisotopic (exact) mass is 387 g/mol. The van der Waals surface area contributed by atoms with Gasteiger partial charge >= 0.3 is 5.97 Å². The van der Waals surface area contributed by atoms with Crippen LogP contribution in [0.3, 0.4) is 0 Å². The van der Waals surface area contributed by atoms with Crippen molar-refractivity contribution in [1.29, 1.82) is 0 Å². The number of hydrogen-bond acceptors (Lipinski definition) is 5. The lowest BCUT2D eigenvalue weighted by molar-refractivity contribution is -0.139. The topological polar surface area (TPSA) is 68.1 Å². The molecule has 0 aliphatic heterocycles. The van der Waals surface area contributed by atoms with Crippen LogP contribution in [0.25, 0.3) is 0 Å². The molecule has 5 nitrogen and oxygen atoms in total. The number of nitrogens with zero attached hydrogens (tertiary/aromatic N) is 1. The zero-order valence-corrected chi connectivity index (χ0v) is 16.4. The fraction of sp³-hybridized carbons (Fsp3) is 0.333. The summed E-state index contributed by atoms with van der Waals surface area (Å²) in [6, 6.07) is 17.7. The summed E-state index contributed by atoms with van der Waals surface area (Å²) in [6.07, 6.45) is 0.363. The number of thioether (sulfide) groups is 1. The highest BCUT2D eigenvalue weighted by Gasteiger charge is 2.22. The molecule has 1 unspecified atom stereocenters. The minimum absolute atomic E-state index is 0.363. The molecule has 0 aliphatic carbocycles. The second kappa shape index (κ2) is 11.3. The van der Waals surface area contributed by atoms with E-state index in [1.165, 1.54) is 4.90 Å². The van der Waals surface area contributed by atoms with Crippen LogP contribution in [-0.4, -0.2) is 35.8 Å². The Labute approximate surface area is 164 Å². The molecule has 1 atom stereocenters. The average molecular weight is 388 g/mol. The van der Waals surface area contributed by atoms with E-state index in [0.29, 0.717) is 25.3 Å². The van der Waals surface area contributed by atoms with Gasteiger partial charge in [0.2, 0.25) is 0 Å². The van der Waals surface area contributed by atoms with Crippen molar-refractivity contribution in [3.8, 4) is 5.75 Å². The first-order valence-corrected chi connectivity index (χ1v) is 9.87. The molecule has 144 valence electrons. The summed E-state index contributed by atoms with van der Waals surface area (Å²) in [4.78, 5) is 17.7. The highest BCUT2D eigenvalue weighted by Crippen LogP contribution is 2.19. The zero-order valence-electron chi connectivity index (χ0n) is 15.6. The lowest BCUT2D eigenvalue weighted by atomic mass is 9.95. The lowest BCUT2D eigenvalue weighted by Gasteiger charge is -2.12. The van der Waals surface area contributed by atoms with Gasteiger partial charge in [0, 0.05) is 10.6 Å². The van der Waals surface area contributed by atoms with E-state index in [9.17, 15) is 9.90 Å². The predicted octanol–water partition coefficient (Wildman–Crippen LogP) is 4.51. The van der Waals surface area contributed by atoms with E-state index in [0.717, 1.165) is 17.1 Å². The second-order valence-corrected chi connectivity index (χ2v) is 7.07. The molecule has 0 saturated carbocycles. The van der Waals surface area contributed by atoms with E-state index in [1.54, 1.807) is 18.7 Å². The van der Waals surface area contributed by atoms with Gasteiger partial charge in [-0.05, 0) is 50.1 Å². The number of hydrogen-bond donors (Lipinski definition) is 1. The molecule has 2 aromatic rings. The van der Waals surface area contributed by atoms with Crippen molar-refractivity contribution < 1.29 is 19.5 Å². The number of benzene rings is 2. The number of ether oxygens (including phenoxy) is 1. The molecular formula is C21H25NO4S. The van der Waals surface area contributed by atoms with Crippen LogP contribution in [0.5, 0.6) is 5.75 Å². The van der Waals surface area contributed by atoms with Crippen molar-refractivity contribution >= 4 is 23.4 Å². The summed E-state index contributed by atoms with van der Waals surface area (Å²) in [6.45, 7) is 4.51. The van der Waals surface area contributed by atoms with Gasteiger partial charge in [0.15, 0.2) is 0 Å². The molecule has 0 fully saturated rings. The van der Waals surface area contributed by atoms with Crippen molar-refractivity contribution in [3.63, 3.8) is 0 Å². The Balaban J connectivity index is 1.83. The Morgan fingerprint density at radius 3 is 2.48 bits per heavy atom. The molecule has 6 heteroatoms. The molecule has 0 amide bonds. The van der Waals surface area contributed by atoms with E-state index < -0.39 is 11.9 Å². The number of carboxylic acid groups (broad SMARTS) is 1. The molecule has 0 saturated heterocycles. The maximum Gasteiger partial charge on any atom is 0.312 e. The third-order valence-corrected chi connectivity index (χ3v) is 4.84. The maximum atomic E-state index is 11.5. The predicted molar refractivity (Wildman–Crippen MR) is 109 cm³/mol. The Morgan fingerprint density at radius 1 is 1.15 bits per heavy atom. The van der Waals surface area contributed by atoms with E-state index in [2.05, 4.69) is 17.3 Å². The largest absolute Gasteiger partial charge is 0.493 e. The van der Waals surface area contributed by atoms with Gasteiger partial charge in [-0.15, -0.1) is 11.8 Å². The Morgan fingerprint density at radius 2 is 1.85 bits per heavy atom. The second-order valence-electron chi connectivity index (χ2n) is 5.90. The molecule has 0 bridgehead atoms. The standard InChI is InChI=1S/C21H25NO4S/c1-3-26-22-16(2)20(21(23)24)15-17-9-11-18(12-10-17)25-13-14-27-19-7-5-4-6-8-19/h4-12,20H,3,13-15H2,1-2H3,(H,23,24)/b22-16+. The molecule has 2 rings (SSSR count). The number of oxime groups is 1. The van der Waals surface area contributed by atoms with Crippen LogP contribution in [-0.2, 0) is 16.1 Å². The highest BCUT2D eigenvalue weighted by atomic mass is 32.2. The molecule has 2 aromatic carbocycles. The summed E-state index contributed by atoms with van der Waals surface area (Å²) in [5.74, 6) is 0.0266. The molecule has 0 aliphatic rings. The minimum atomic E-state index is -0.908. The summed E-state index contributed by atoms with van der Waals surface area (Å²) in [7, 11) is 0. The fourth-order valence-electron chi connectivity index (χ4n) is 2.44. The van der Waals surface area contributed by atoms with Gasteiger partial charge in [0.1, 0.15) is 18.3 Å². The van der Waals surface area contributed by atoms with Crippen LogP contribution in [0.2, 0.25) is 0 Å². The van der Waals surface area contributed by atoms with Gasteiger partial charge in [-0.1, -0.05) is 35.5 Å². The summed E-state index contributed by atoms with van der Waals surface area (Å²) >= 11 is 1.75. The Hall–Kier alpha value is -2.47.